The SMILES string of the molecule is COc1ccc(C(CNC(=O)CCc2c(C)nn(CCC#N)c2C)N2CCCC2)cc1. The average molecular weight is 424 g/mol. The summed E-state index contributed by atoms with van der Waals surface area (Å²) >= 11 is 0. The number of rotatable bonds is 10. The molecule has 7 nitrogen and oxygen atoms in total. The summed E-state index contributed by atoms with van der Waals surface area (Å²) in [6.45, 7) is 7.30. The van der Waals surface area contributed by atoms with Crippen LogP contribution in [0, 0.1) is 25.2 Å². The molecule has 0 radical (unpaired) electrons. The van der Waals surface area contributed by atoms with E-state index in [-0.39, 0.29) is 11.9 Å². The van der Waals surface area contributed by atoms with Crippen molar-refractivity contribution >= 4 is 5.91 Å². The predicted molar refractivity (Wildman–Crippen MR) is 120 cm³/mol. The zero-order valence-corrected chi connectivity index (χ0v) is 18.9. The lowest BCUT2D eigenvalue weighted by molar-refractivity contribution is -0.121. The predicted octanol–water partition coefficient (Wildman–Crippen LogP) is 3.31. The van der Waals surface area contributed by atoms with Crippen molar-refractivity contribution in [2.45, 2.75) is 58.5 Å². The third-order valence-electron chi connectivity index (χ3n) is 6.14. The maximum atomic E-state index is 12.6. The largest absolute Gasteiger partial charge is 0.497 e. The number of hydrogen-bond donors (Lipinski definition) is 1. The zero-order chi connectivity index (χ0) is 22.2. The van der Waals surface area contributed by atoms with Crippen LogP contribution in [0.15, 0.2) is 24.3 Å². The van der Waals surface area contributed by atoms with Gasteiger partial charge in [-0.3, -0.25) is 14.4 Å². The Bertz CT molecular complexity index is 907. The van der Waals surface area contributed by atoms with E-state index in [4.69, 9.17) is 10.00 Å². The molecule has 0 spiro atoms. The van der Waals surface area contributed by atoms with Crippen molar-refractivity contribution in [2.24, 2.45) is 0 Å². The van der Waals surface area contributed by atoms with Crippen LogP contribution >= 0.6 is 0 Å². The molecule has 1 saturated heterocycles. The number of aromatic nitrogens is 2. The monoisotopic (exact) mass is 423 g/mol. The van der Waals surface area contributed by atoms with Crippen molar-refractivity contribution in [3.8, 4) is 11.8 Å². The average Bonchev–Trinajstić information content (AvgIpc) is 3.40. The molecular weight excluding hydrogens is 390 g/mol. The molecule has 1 amide bonds. The van der Waals surface area contributed by atoms with E-state index < -0.39 is 0 Å². The summed E-state index contributed by atoms with van der Waals surface area (Å²) < 4.78 is 7.16. The van der Waals surface area contributed by atoms with Crippen molar-refractivity contribution in [2.75, 3.05) is 26.7 Å². The van der Waals surface area contributed by atoms with Gasteiger partial charge in [-0.1, -0.05) is 12.1 Å². The maximum absolute atomic E-state index is 12.6. The molecule has 0 saturated carbocycles. The van der Waals surface area contributed by atoms with Gasteiger partial charge in [-0.15, -0.1) is 0 Å². The van der Waals surface area contributed by atoms with Gasteiger partial charge in [0, 0.05) is 18.7 Å². The Morgan fingerprint density at radius 2 is 1.97 bits per heavy atom. The Hall–Kier alpha value is -2.85. The Balaban J connectivity index is 1.58. The van der Waals surface area contributed by atoms with Crippen LogP contribution in [0.3, 0.4) is 0 Å². The van der Waals surface area contributed by atoms with Gasteiger partial charge in [0.25, 0.3) is 0 Å². The van der Waals surface area contributed by atoms with Crippen molar-refractivity contribution < 1.29 is 9.53 Å². The lowest BCUT2D eigenvalue weighted by Crippen LogP contribution is -2.36. The van der Waals surface area contributed by atoms with Gasteiger partial charge < -0.3 is 10.1 Å². The fourth-order valence-electron chi connectivity index (χ4n) is 4.34. The van der Waals surface area contributed by atoms with Crippen molar-refractivity contribution in [1.82, 2.24) is 20.0 Å². The number of likely N-dealkylation sites (tertiary alicyclic amines) is 1. The van der Waals surface area contributed by atoms with Crippen LogP contribution < -0.4 is 10.1 Å². The Morgan fingerprint density at radius 1 is 1.26 bits per heavy atom. The van der Waals surface area contributed by atoms with Crippen molar-refractivity contribution in [3.63, 3.8) is 0 Å². The molecule has 1 N–H and O–H groups in total. The molecule has 1 aliphatic rings. The second-order valence-corrected chi connectivity index (χ2v) is 8.12. The van der Waals surface area contributed by atoms with E-state index in [2.05, 4.69) is 33.5 Å². The molecule has 1 aliphatic heterocycles. The van der Waals surface area contributed by atoms with Crippen molar-refractivity contribution in [3.05, 3.63) is 46.8 Å². The number of nitrogens with zero attached hydrogens (tertiary/aromatic N) is 4. The first-order valence-corrected chi connectivity index (χ1v) is 11.1. The molecule has 31 heavy (non-hydrogen) atoms. The number of aryl methyl sites for hydroxylation is 2. The van der Waals surface area contributed by atoms with Gasteiger partial charge in [0.15, 0.2) is 0 Å². The van der Waals surface area contributed by atoms with Gasteiger partial charge in [0.1, 0.15) is 5.75 Å². The summed E-state index contributed by atoms with van der Waals surface area (Å²) in [5.41, 5.74) is 4.30. The summed E-state index contributed by atoms with van der Waals surface area (Å²) in [5, 5.41) is 16.5. The van der Waals surface area contributed by atoms with Crippen molar-refractivity contribution in [1.29, 1.82) is 5.26 Å². The fourth-order valence-corrected chi connectivity index (χ4v) is 4.34. The molecule has 7 heteroatoms. The molecule has 1 aromatic heterocycles. The molecular formula is C24H33N5O2. The molecule has 1 atom stereocenters. The number of nitriles is 1. The molecule has 166 valence electrons. The summed E-state index contributed by atoms with van der Waals surface area (Å²) in [5.74, 6) is 0.898. The summed E-state index contributed by atoms with van der Waals surface area (Å²) in [6.07, 6.45) is 3.93. The Kier molecular flexibility index (Phi) is 8.07. The highest BCUT2D eigenvalue weighted by Gasteiger charge is 2.24. The number of nitrogens with one attached hydrogen (secondary N) is 1. The summed E-state index contributed by atoms with van der Waals surface area (Å²) in [7, 11) is 1.67. The van der Waals surface area contributed by atoms with Gasteiger partial charge in [0.05, 0.1) is 37.9 Å². The fraction of sp³-hybridized carbons (Fsp3) is 0.542. The minimum Gasteiger partial charge on any atom is -0.497 e. The third-order valence-corrected chi connectivity index (χ3v) is 6.14. The molecule has 1 unspecified atom stereocenters. The van der Waals surface area contributed by atoms with E-state index in [0.29, 0.717) is 32.4 Å². The lowest BCUT2D eigenvalue weighted by Gasteiger charge is -2.28. The van der Waals surface area contributed by atoms with E-state index in [1.807, 2.05) is 30.7 Å². The quantitative estimate of drug-likeness (QED) is 0.634. The van der Waals surface area contributed by atoms with Crippen LogP contribution in [0.5, 0.6) is 5.75 Å². The highest BCUT2D eigenvalue weighted by atomic mass is 16.5. The molecule has 2 heterocycles. The minimum atomic E-state index is 0.0567. The van der Waals surface area contributed by atoms with Gasteiger partial charge in [-0.25, -0.2) is 0 Å². The number of methoxy groups -OCH3 is 1. The second kappa shape index (κ2) is 11.0. The van der Waals surface area contributed by atoms with E-state index in [9.17, 15) is 4.79 Å². The maximum Gasteiger partial charge on any atom is 0.220 e. The first kappa shape index (κ1) is 22.8. The standard InChI is InChI=1S/C24H33N5O2/c1-18-22(19(2)29(27-18)16-6-13-25)11-12-24(30)26-17-23(28-14-4-5-15-28)20-7-9-21(31-3)10-8-20/h7-10,23H,4-6,11-12,14-17H2,1-3H3,(H,26,30). The molecule has 0 aliphatic carbocycles. The topological polar surface area (TPSA) is 83.2 Å². The van der Waals surface area contributed by atoms with Gasteiger partial charge in [0.2, 0.25) is 5.91 Å². The van der Waals surface area contributed by atoms with Gasteiger partial charge in [-0.05, 0) is 69.5 Å². The molecule has 3 rings (SSSR count). The summed E-state index contributed by atoms with van der Waals surface area (Å²) in [6, 6.07) is 10.5. The second-order valence-electron chi connectivity index (χ2n) is 8.12. The number of hydrogen-bond acceptors (Lipinski definition) is 5. The smallest absolute Gasteiger partial charge is 0.220 e. The number of carbonyl (C=O) groups is 1. The van der Waals surface area contributed by atoms with Gasteiger partial charge in [-0.2, -0.15) is 10.4 Å². The molecule has 2 aromatic rings. The van der Waals surface area contributed by atoms with Crippen LogP contribution in [0.4, 0.5) is 0 Å². The third kappa shape index (κ3) is 5.86. The lowest BCUT2D eigenvalue weighted by atomic mass is 10.0. The first-order chi connectivity index (χ1) is 15.0. The van der Waals surface area contributed by atoms with Crippen LogP contribution in [0.2, 0.25) is 0 Å². The number of benzene rings is 1. The Morgan fingerprint density at radius 3 is 2.61 bits per heavy atom. The van der Waals surface area contributed by atoms with Crippen LogP contribution in [0.1, 0.15) is 54.2 Å². The highest BCUT2D eigenvalue weighted by Crippen LogP contribution is 2.26. The van der Waals surface area contributed by atoms with E-state index >= 15 is 0 Å². The van der Waals surface area contributed by atoms with Crippen LogP contribution in [-0.2, 0) is 17.8 Å². The van der Waals surface area contributed by atoms with Crippen LogP contribution in [0.25, 0.3) is 0 Å². The van der Waals surface area contributed by atoms with E-state index in [1.54, 1.807) is 7.11 Å². The number of carbonyl (C=O) groups excluding carboxylic acids is 1. The van der Waals surface area contributed by atoms with E-state index in [1.165, 1.54) is 18.4 Å². The minimum absolute atomic E-state index is 0.0567. The first-order valence-electron chi connectivity index (χ1n) is 11.1. The Labute approximate surface area is 185 Å². The number of amides is 1. The van der Waals surface area contributed by atoms with Gasteiger partial charge >= 0.3 is 0 Å². The van der Waals surface area contributed by atoms with E-state index in [0.717, 1.165) is 35.8 Å². The summed E-state index contributed by atoms with van der Waals surface area (Å²) in [4.78, 5) is 15.1. The number of ether oxygens (including phenoxy) is 1. The molecule has 0 bridgehead atoms. The molecule has 1 aromatic carbocycles. The van der Waals surface area contributed by atoms with Crippen LogP contribution in [-0.4, -0.2) is 47.3 Å². The highest BCUT2D eigenvalue weighted by molar-refractivity contribution is 5.76. The molecule has 1 fully saturated rings. The normalized spacial score (nSPS) is 14.9. The zero-order valence-electron chi connectivity index (χ0n) is 18.9.